The molecule has 0 aromatic heterocycles. The minimum Gasteiger partial charge on any atom is -0.490 e. The molecule has 7 nitrogen and oxygen atoms in total. The number of nitrogens with one attached hydrogen (secondary N) is 3. The summed E-state index contributed by atoms with van der Waals surface area (Å²) in [5.74, 6) is -0.227. The van der Waals surface area contributed by atoms with Gasteiger partial charge in [-0.05, 0) is 60.7 Å². The molecule has 170 valence electrons. The molecule has 3 N–H and O–H groups in total. The topological polar surface area (TPSA) is 88.7 Å². The number of ether oxygens (including phenoxy) is 2. The van der Waals surface area contributed by atoms with Crippen LogP contribution in [0.1, 0.15) is 20.7 Å². The van der Waals surface area contributed by atoms with Gasteiger partial charge in [0, 0.05) is 28.5 Å². The highest BCUT2D eigenvalue weighted by atomic mass is 79.9. The lowest BCUT2D eigenvalue weighted by Gasteiger charge is -2.14. The van der Waals surface area contributed by atoms with Crippen molar-refractivity contribution < 1.29 is 19.1 Å². The molecule has 0 radical (unpaired) electrons. The molecule has 3 rings (SSSR count). The summed E-state index contributed by atoms with van der Waals surface area (Å²) in [4.78, 5) is 25.2. The van der Waals surface area contributed by atoms with Crippen LogP contribution in [0.5, 0.6) is 5.75 Å². The van der Waals surface area contributed by atoms with Gasteiger partial charge in [0.2, 0.25) is 0 Å². The molecule has 3 aromatic carbocycles. The zero-order chi connectivity index (χ0) is 23.6. The highest BCUT2D eigenvalue weighted by Gasteiger charge is 2.15. The first-order valence-electron chi connectivity index (χ1n) is 9.96. The fraction of sp³-hybridized carbons (Fsp3) is 0.125. The van der Waals surface area contributed by atoms with E-state index in [1.807, 2.05) is 6.07 Å². The number of thiocarbonyl (C=S) groups is 1. The lowest BCUT2D eigenvalue weighted by molar-refractivity contribution is 0.0968. The molecule has 9 heteroatoms. The molecule has 2 amide bonds. The maximum absolute atomic E-state index is 12.8. The third-order valence-electron chi connectivity index (χ3n) is 4.37. The van der Waals surface area contributed by atoms with Gasteiger partial charge in [0.1, 0.15) is 12.4 Å². The molecule has 0 aliphatic heterocycles. The summed E-state index contributed by atoms with van der Waals surface area (Å²) in [6.07, 6.45) is 0. The van der Waals surface area contributed by atoms with Crippen LogP contribution >= 0.6 is 28.1 Å². The van der Waals surface area contributed by atoms with E-state index >= 15 is 0 Å². The molecule has 0 bridgehead atoms. The van der Waals surface area contributed by atoms with Gasteiger partial charge in [-0.3, -0.25) is 14.9 Å². The number of amides is 2. The molecular weight excluding hydrogens is 506 g/mol. The number of carbonyl (C=O) groups excluding carboxylic acids is 2. The highest BCUT2D eigenvalue weighted by Crippen LogP contribution is 2.23. The van der Waals surface area contributed by atoms with Crippen LogP contribution in [0, 0.1) is 0 Å². The first kappa shape index (κ1) is 24.4. The summed E-state index contributed by atoms with van der Waals surface area (Å²) in [5.41, 5.74) is 2.07. The monoisotopic (exact) mass is 527 g/mol. The van der Waals surface area contributed by atoms with Gasteiger partial charge in [-0.15, -0.1) is 0 Å². The van der Waals surface area contributed by atoms with Gasteiger partial charge >= 0.3 is 0 Å². The van der Waals surface area contributed by atoms with Crippen LogP contribution in [0.25, 0.3) is 0 Å². The van der Waals surface area contributed by atoms with Crippen LogP contribution in [0.3, 0.4) is 0 Å². The van der Waals surface area contributed by atoms with Gasteiger partial charge in [0.15, 0.2) is 5.11 Å². The molecule has 0 fully saturated rings. The molecule has 0 unspecified atom stereocenters. The van der Waals surface area contributed by atoms with Crippen molar-refractivity contribution in [3.63, 3.8) is 0 Å². The summed E-state index contributed by atoms with van der Waals surface area (Å²) in [6, 6.07) is 21.1. The second kappa shape index (κ2) is 12.1. The second-order valence-corrected chi connectivity index (χ2v) is 8.11. The molecule has 33 heavy (non-hydrogen) atoms. The minimum atomic E-state index is -0.422. The van der Waals surface area contributed by atoms with Crippen LogP contribution < -0.4 is 20.7 Å². The van der Waals surface area contributed by atoms with Crippen molar-refractivity contribution in [1.29, 1.82) is 0 Å². The smallest absolute Gasteiger partial charge is 0.261 e. The fourth-order valence-corrected chi connectivity index (χ4v) is 3.41. The van der Waals surface area contributed by atoms with E-state index < -0.39 is 5.91 Å². The van der Waals surface area contributed by atoms with E-state index in [0.29, 0.717) is 41.5 Å². The molecular formula is C24H22BrN3O4S. The van der Waals surface area contributed by atoms with Crippen molar-refractivity contribution in [3.8, 4) is 5.75 Å². The SMILES string of the molecule is COCCOc1ccc(Br)cc1C(=O)NC(=S)Nc1cccc(NC(=O)c2ccccc2)c1. The second-order valence-electron chi connectivity index (χ2n) is 6.79. The summed E-state index contributed by atoms with van der Waals surface area (Å²) in [5, 5.41) is 8.55. The van der Waals surface area contributed by atoms with E-state index in [9.17, 15) is 9.59 Å². The predicted octanol–water partition coefficient (Wildman–Crippen LogP) is 4.85. The number of methoxy groups -OCH3 is 1. The van der Waals surface area contributed by atoms with Crippen LogP contribution in [0.2, 0.25) is 0 Å². The van der Waals surface area contributed by atoms with Crippen molar-refractivity contribution in [2.24, 2.45) is 0 Å². The van der Waals surface area contributed by atoms with E-state index in [1.165, 1.54) is 0 Å². The average molecular weight is 528 g/mol. The van der Waals surface area contributed by atoms with E-state index in [1.54, 1.807) is 73.8 Å². The van der Waals surface area contributed by atoms with E-state index in [4.69, 9.17) is 21.7 Å². The van der Waals surface area contributed by atoms with Gasteiger partial charge in [-0.1, -0.05) is 40.2 Å². The molecule has 0 aliphatic carbocycles. The largest absolute Gasteiger partial charge is 0.490 e. The zero-order valence-electron chi connectivity index (χ0n) is 17.8. The normalized spacial score (nSPS) is 10.2. The molecule has 0 saturated carbocycles. The maximum atomic E-state index is 12.8. The molecule has 0 aliphatic rings. The Morgan fingerprint density at radius 1 is 0.879 bits per heavy atom. The Labute approximate surface area is 205 Å². The number of rotatable bonds is 8. The summed E-state index contributed by atoms with van der Waals surface area (Å²) >= 11 is 8.67. The number of hydrogen-bond donors (Lipinski definition) is 3. The number of carbonyl (C=O) groups is 2. The standard InChI is InChI=1S/C24H22BrN3O4S/c1-31-12-13-32-21-11-10-17(25)14-20(21)23(30)28-24(33)27-19-9-5-8-18(15-19)26-22(29)16-6-3-2-4-7-16/h2-11,14-15H,12-13H2,1H3,(H,26,29)(H2,27,28,30,33). The fourth-order valence-electron chi connectivity index (χ4n) is 2.84. The Kier molecular flexibility index (Phi) is 8.94. The van der Waals surface area contributed by atoms with Crippen molar-refractivity contribution in [2.75, 3.05) is 31.0 Å². The lowest BCUT2D eigenvalue weighted by Crippen LogP contribution is -2.34. The van der Waals surface area contributed by atoms with Crippen LogP contribution in [0.4, 0.5) is 11.4 Å². The Balaban J connectivity index is 1.63. The Hall–Kier alpha value is -3.27. The predicted molar refractivity (Wildman–Crippen MR) is 136 cm³/mol. The van der Waals surface area contributed by atoms with Crippen molar-refractivity contribution in [1.82, 2.24) is 5.32 Å². The van der Waals surface area contributed by atoms with Gasteiger partial charge in [-0.2, -0.15) is 0 Å². The summed E-state index contributed by atoms with van der Waals surface area (Å²) < 4.78 is 11.3. The first-order chi connectivity index (χ1) is 16.0. The number of hydrogen-bond acceptors (Lipinski definition) is 5. The van der Waals surface area contributed by atoms with Crippen molar-refractivity contribution >= 4 is 56.4 Å². The van der Waals surface area contributed by atoms with Crippen molar-refractivity contribution in [3.05, 3.63) is 88.4 Å². The Morgan fingerprint density at radius 3 is 2.33 bits per heavy atom. The quantitative estimate of drug-likeness (QED) is 0.286. The van der Waals surface area contributed by atoms with Crippen molar-refractivity contribution in [2.45, 2.75) is 0 Å². The third kappa shape index (κ3) is 7.38. The van der Waals surface area contributed by atoms with Gasteiger partial charge in [0.05, 0.1) is 12.2 Å². The zero-order valence-corrected chi connectivity index (χ0v) is 20.2. The lowest BCUT2D eigenvalue weighted by atomic mass is 10.2. The first-order valence-corrected chi connectivity index (χ1v) is 11.2. The number of anilines is 2. The van der Waals surface area contributed by atoms with Crippen LogP contribution in [-0.4, -0.2) is 37.3 Å². The van der Waals surface area contributed by atoms with Crippen LogP contribution in [0.15, 0.2) is 77.3 Å². The molecule has 0 heterocycles. The Bertz CT molecular complexity index is 1140. The number of benzene rings is 3. The number of halogens is 1. The molecule has 3 aromatic rings. The van der Waals surface area contributed by atoms with Gasteiger partial charge < -0.3 is 20.1 Å². The maximum Gasteiger partial charge on any atom is 0.261 e. The minimum absolute atomic E-state index is 0.106. The van der Waals surface area contributed by atoms with Crippen LogP contribution in [-0.2, 0) is 4.74 Å². The Morgan fingerprint density at radius 2 is 1.61 bits per heavy atom. The van der Waals surface area contributed by atoms with E-state index in [2.05, 4.69) is 31.9 Å². The van der Waals surface area contributed by atoms with E-state index in [-0.39, 0.29) is 11.0 Å². The summed E-state index contributed by atoms with van der Waals surface area (Å²) in [7, 11) is 1.57. The average Bonchev–Trinajstić information content (AvgIpc) is 2.80. The summed E-state index contributed by atoms with van der Waals surface area (Å²) in [6.45, 7) is 0.705. The van der Waals surface area contributed by atoms with Gasteiger partial charge in [0.25, 0.3) is 11.8 Å². The molecule has 0 atom stereocenters. The molecule has 0 saturated heterocycles. The van der Waals surface area contributed by atoms with E-state index in [0.717, 1.165) is 4.47 Å². The molecule has 0 spiro atoms. The van der Waals surface area contributed by atoms with Gasteiger partial charge in [-0.25, -0.2) is 0 Å². The highest BCUT2D eigenvalue weighted by molar-refractivity contribution is 9.10. The third-order valence-corrected chi connectivity index (χ3v) is 5.07.